The van der Waals surface area contributed by atoms with Crippen molar-refractivity contribution in [2.24, 2.45) is 0 Å². The quantitative estimate of drug-likeness (QED) is 0.913. The molecular weight excluding hydrogens is 261 g/mol. The number of aliphatic carboxylic acids is 1. The van der Waals surface area contributed by atoms with Gasteiger partial charge in [-0.15, -0.1) is 0 Å². The summed E-state index contributed by atoms with van der Waals surface area (Å²) in [5, 5.41) is 9.01. The Balaban J connectivity index is 2.27. The summed E-state index contributed by atoms with van der Waals surface area (Å²) in [5.41, 5.74) is -0.185. The first kappa shape index (κ1) is 12.8. The van der Waals surface area contributed by atoms with E-state index in [1.807, 2.05) is 0 Å². The highest BCUT2D eigenvalue weighted by Gasteiger charge is 2.35. The van der Waals surface area contributed by atoms with Crippen molar-refractivity contribution in [3.63, 3.8) is 0 Å². The van der Waals surface area contributed by atoms with Crippen molar-refractivity contribution in [3.8, 4) is 0 Å². The molecule has 1 N–H and O–H groups in total. The van der Waals surface area contributed by atoms with Gasteiger partial charge in [0.2, 0.25) is 0 Å². The van der Waals surface area contributed by atoms with Crippen molar-refractivity contribution in [1.82, 2.24) is 4.90 Å². The van der Waals surface area contributed by atoms with Gasteiger partial charge in [-0.2, -0.15) is 0 Å². The molecule has 0 atom stereocenters. The first-order chi connectivity index (χ1) is 8.49. The fourth-order valence-corrected chi connectivity index (χ4v) is 1.89. The maximum absolute atomic E-state index is 13.5. The van der Waals surface area contributed by atoms with Gasteiger partial charge in [0.05, 0.1) is 5.56 Å². The minimum atomic E-state index is -1.11. The van der Waals surface area contributed by atoms with E-state index in [0.29, 0.717) is 0 Å². The molecule has 0 saturated heterocycles. The molecule has 0 aliphatic heterocycles. The molecule has 1 aromatic rings. The normalized spacial score (nSPS) is 14.3. The lowest BCUT2D eigenvalue weighted by atomic mass is 10.2. The molecule has 1 fully saturated rings. The molecule has 18 heavy (non-hydrogen) atoms. The molecule has 1 amide bonds. The SMILES string of the molecule is O=C(O)CN(C(=O)c1cc(Cl)ccc1F)C1CC1. The van der Waals surface area contributed by atoms with E-state index in [1.54, 1.807) is 0 Å². The van der Waals surface area contributed by atoms with E-state index in [-0.39, 0.29) is 16.6 Å². The molecule has 0 aromatic heterocycles. The summed E-state index contributed by atoms with van der Waals surface area (Å²) < 4.78 is 13.5. The van der Waals surface area contributed by atoms with E-state index in [0.717, 1.165) is 18.9 Å². The summed E-state index contributed by atoms with van der Waals surface area (Å²) in [7, 11) is 0. The zero-order chi connectivity index (χ0) is 13.3. The first-order valence-electron chi connectivity index (χ1n) is 5.47. The van der Waals surface area contributed by atoms with E-state index in [9.17, 15) is 14.0 Å². The number of halogens is 2. The molecular formula is C12H11ClFNO3. The molecule has 0 heterocycles. The minimum Gasteiger partial charge on any atom is -0.480 e. The van der Waals surface area contributed by atoms with Gasteiger partial charge in [0.15, 0.2) is 0 Å². The van der Waals surface area contributed by atoms with Crippen LogP contribution in [-0.2, 0) is 4.79 Å². The highest BCUT2D eigenvalue weighted by molar-refractivity contribution is 6.31. The van der Waals surface area contributed by atoms with Gasteiger partial charge in [-0.1, -0.05) is 11.6 Å². The van der Waals surface area contributed by atoms with E-state index in [2.05, 4.69) is 0 Å². The Morgan fingerprint density at radius 1 is 1.44 bits per heavy atom. The number of benzene rings is 1. The first-order valence-corrected chi connectivity index (χ1v) is 5.84. The fraction of sp³-hybridized carbons (Fsp3) is 0.333. The third-order valence-corrected chi connectivity index (χ3v) is 2.95. The van der Waals surface area contributed by atoms with Gasteiger partial charge in [0, 0.05) is 11.1 Å². The Morgan fingerprint density at radius 3 is 2.67 bits per heavy atom. The van der Waals surface area contributed by atoms with Crippen LogP contribution in [0.5, 0.6) is 0 Å². The maximum atomic E-state index is 13.5. The molecule has 6 heteroatoms. The van der Waals surface area contributed by atoms with Crippen LogP contribution in [0.2, 0.25) is 5.02 Å². The summed E-state index contributed by atoms with van der Waals surface area (Å²) in [6.07, 6.45) is 1.50. The third-order valence-electron chi connectivity index (χ3n) is 2.71. The monoisotopic (exact) mass is 271 g/mol. The third kappa shape index (κ3) is 2.79. The summed E-state index contributed by atoms with van der Waals surface area (Å²) in [6.45, 7) is -0.421. The molecule has 1 aliphatic rings. The van der Waals surface area contributed by atoms with Crippen molar-refractivity contribution >= 4 is 23.5 Å². The van der Waals surface area contributed by atoms with Crippen molar-refractivity contribution in [3.05, 3.63) is 34.6 Å². The Bertz CT molecular complexity index is 502. The van der Waals surface area contributed by atoms with Gasteiger partial charge in [-0.3, -0.25) is 9.59 Å². The van der Waals surface area contributed by atoms with E-state index in [1.165, 1.54) is 17.0 Å². The average Bonchev–Trinajstić information content (AvgIpc) is 3.12. The average molecular weight is 272 g/mol. The van der Waals surface area contributed by atoms with E-state index in [4.69, 9.17) is 16.7 Å². The smallest absolute Gasteiger partial charge is 0.323 e. The number of carboxylic acid groups (broad SMARTS) is 1. The fourth-order valence-electron chi connectivity index (χ4n) is 1.71. The molecule has 1 aliphatic carbocycles. The Kier molecular flexibility index (Phi) is 3.52. The van der Waals surface area contributed by atoms with Crippen LogP contribution in [-0.4, -0.2) is 34.5 Å². The van der Waals surface area contributed by atoms with Crippen LogP contribution in [0.4, 0.5) is 4.39 Å². The molecule has 96 valence electrons. The lowest BCUT2D eigenvalue weighted by Gasteiger charge is -2.20. The second-order valence-corrected chi connectivity index (χ2v) is 4.62. The second kappa shape index (κ2) is 4.94. The van der Waals surface area contributed by atoms with E-state index >= 15 is 0 Å². The molecule has 1 aromatic carbocycles. The molecule has 0 bridgehead atoms. The Labute approximate surface area is 108 Å². The van der Waals surface area contributed by atoms with E-state index < -0.39 is 24.2 Å². The molecule has 4 nitrogen and oxygen atoms in total. The number of rotatable bonds is 4. The van der Waals surface area contributed by atoms with Gasteiger partial charge in [0.1, 0.15) is 12.4 Å². The zero-order valence-corrected chi connectivity index (χ0v) is 10.2. The minimum absolute atomic E-state index is 0.105. The molecule has 0 radical (unpaired) electrons. The van der Waals surface area contributed by atoms with Gasteiger partial charge in [0.25, 0.3) is 5.91 Å². The second-order valence-electron chi connectivity index (χ2n) is 4.18. The van der Waals surface area contributed by atoms with Gasteiger partial charge >= 0.3 is 5.97 Å². The largest absolute Gasteiger partial charge is 0.480 e. The van der Waals surface area contributed by atoms with Crippen LogP contribution >= 0.6 is 11.6 Å². The van der Waals surface area contributed by atoms with Gasteiger partial charge in [-0.25, -0.2) is 4.39 Å². The van der Waals surface area contributed by atoms with Crippen molar-refractivity contribution in [2.75, 3.05) is 6.54 Å². The molecule has 0 unspecified atom stereocenters. The van der Waals surface area contributed by atoms with Crippen molar-refractivity contribution < 1.29 is 19.1 Å². The maximum Gasteiger partial charge on any atom is 0.323 e. The van der Waals surface area contributed by atoms with Crippen LogP contribution in [0.3, 0.4) is 0 Å². The standard InChI is InChI=1S/C12H11ClFNO3/c13-7-1-4-10(14)9(5-7)12(18)15(6-11(16)17)8-2-3-8/h1,4-5,8H,2-3,6H2,(H,16,17). The summed E-state index contributed by atoms with van der Waals surface area (Å²) >= 11 is 5.71. The number of carbonyl (C=O) groups excluding carboxylic acids is 1. The highest BCUT2D eigenvalue weighted by Crippen LogP contribution is 2.29. The van der Waals surface area contributed by atoms with Crippen LogP contribution in [0, 0.1) is 5.82 Å². The number of carboxylic acids is 1. The lowest BCUT2D eigenvalue weighted by molar-refractivity contribution is -0.137. The van der Waals surface area contributed by atoms with Gasteiger partial charge in [-0.05, 0) is 31.0 Å². The zero-order valence-electron chi connectivity index (χ0n) is 9.40. The summed E-state index contributed by atoms with van der Waals surface area (Å²) in [6, 6.07) is 3.55. The molecule has 0 spiro atoms. The molecule has 1 saturated carbocycles. The summed E-state index contributed by atoms with van der Waals surface area (Å²) in [5.74, 6) is -2.43. The highest BCUT2D eigenvalue weighted by atomic mass is 35.5. The summed E-state index contributed by atoms with van der Waals surface area (Å²) in [4.78, 5) is 24.0. The van der Waals surface area contributed by atoms with Crippen LogP contribution in [0.1, 0.15) is 23.2 Å². The number of hydrogen-bond acceptors (Lipinski definition) is 2. The molecule has 2 rings (SSSR count). The topological polar surface area (TPSA) is 57.6 Å². The predicted molar refractivity (Wildman–Crippen MR) is 63.1 cm³/mol. The van der Waals surface area contributed by atoms with Crippen LogP contribution in [0.25, 0.3) is 0 Å². The van der Waals surface area contributed by atoms with Crippen LogP contribution in [0.15, 0.2) is 18.2 Å². The lowest BCUT2D eigenvalue weighted by Crippen LogP contribution is -2.37. The van der Waals surface area contributed by atoms with Gasteiger partial charge < -0.3 is 10.0 Å². The number of carbonyl (C=O) groups is 2. The Hall–Kier alpha value is -1.62. The van der Waals surface area contributed by atoms with Crippen molar-refractivity contribution in [1.29, 1.82) is 0 Å². The number of nitrogens with zero attached hydrogens (tertiary/aromatic N) is 1. The predicted octanol–water partition coefficient (Wildman–Crippen LogP) is 2.17. The van der Waals surface area contributed by atoms with Crippen molar-refractivity contribution in [2.45, 2.75) is 18.9 Å². The van der Waals surface area contributed by atoms with Crippen LogP contribution < -0.4 is 0 Å². The Morgan fingerprint density at radius 2 is 2.11 bits per heavy atom. The number of hydrogen-bond donors (Lipinski definition) is 1. The number of amides is 1.